The first-order valence-electron chi connectivity index (χ1n) is 8.67. The van der Waals surface area contributed by atoms with Crippen LogP contribution in [-0.4, -0.2) is 39.6 Å². The molecule has 3 rings (SSSR count). The minimum Gasteiger partial charge on any atom is -0.492 e. The molecule has 0 aliphatic heterocycles. The molecule has 1 amide bonds. The molecular formula is C20H22N4O2S. The fourth-order valence-electron chi connectivity index (χ4n) is 2.52. The number of aryl methyl sites for hydroxylation is 1. The van der Waals surface area contributed by atoms with Gasteiger partial charge in [0.1, 0.15) is 12.4 Å². The minimum atomic E-state index is -0.0582. The van der Waals surface area contributed by atoms with Gasteiger partial charge in [-0.3, -0.25) is 4.79 Å². The molecule has 140 valence electrons. The van der Waals surface area contributed by atoms with Crippen molar-refractivity contribution in [2.45, 2.75) is 12.1 Å². The summed E-state index contributed by atoms with van der Waals surface area (Å²) in [6.45, 7) is 2.91. The van der Waals surface area contributed by atoms with E-state index < -0.39 is 0 Å². The maximum atomic E-state index is 12.0. The third-order valence-electron chi connectivity index (χ3n) is 3.88. The second-order valence-electron chi connectivity index (χ2n) is 6.03. The van der Waals surface area contributed by atoms with Gasteiger partial charge in [0.05, 0.1) is 12.3 Å². The average molecular weight is 382 g/mol. The van der Waals surface area contributed by atoms with E-state index in [4.69, 9.17) is 4.74 Å². The van der Waals surface area contributed by atoms with Crippen molar-refractivity contribution < 1.29 is 9.53 Å². The summed E-state index contributed by atoms with van der Waals surface area (Å²) in [6, 6.07) is 17.7. The van der Waals surface area contributed by atoms with Gasteiger partial charge in [-0.25, -0.2) is 0 Å². The van der Waals surface area contributed by atoms with Crippen LogP contribution in [0.1, 0.15) is 5.56 Å². The monoisotopic (exact) mass is 382 g/mol. The second kappa shape index (κ2) is 9.23. The number of nitrogens with zero attached hydrogens (tertiary/aromatic N) is 3. The van der Waals surface area contributed by atoms with Crippen LogP contribution < -0.4 is 10.1 Å². The number of benzene rings is 2. The number of ether oxygens (including phenoxy) is 1. The summed E-state index contributed by atoms with van der Waals surface area (Å²) in [6.07, 6.45) is 0. The highest BCUT2D eigenvalue weighted by Gasteiger charge is 2.12. The van der Waals surface area contributed by atoms with Crippen LogP contribution in [0, 0.1) is 6.92 Å². The molecule has 0 aliphatic carbocycles. The summed E-state index contributed by atoms with van der Waals surface area (Å²) in [4.78, 5) is 12.0. The number of aromatic nitrogens is 3. The number of thioether (sulfide) groups is 1. The molecule has 1 heterocycles. The van der Waals surface area contributed by atoms with Crippen molar-refractivity contribution in [2.24, 2.45) is 7.05 Å². The van der Waals surface area contributed by atoms with Crippen molar-refractivity contribution in [1.82, 2.24) is 20.1 Å². The van der Waals surface area contributed by atoms with Crippen LogP contribution in [0.5, 0.6) is 5.75 Å². The molecular weight excluding hydrogens is 360 g/mol. The molecule has 0 aliphatic rings. The van der Waals surface area contributed by atoms with E-state index in [9.17, 15) is 4.79 Å². The third-order valence-corrected chi connectivity index (χ3v) is 4.90. The standard InChI is InChI=1S/C20H22N4O2S/c1-15-7-6-10-17(13-15)26-12-11-21-18(25)14-27-20-23-22-19(24(20)2)16-8-4-3-5-9-16/h3-10,13H,11-12,14H2,1-2H3,(H,21,25). The number of carbonyl (C=O) groups excluding carboxylic acids is 1. The Bertz CT molecular complexity index is 896. The molecule has 0 spiro atoms. The van der Waals surface area contributed by atoms with Gasteiger partial charge in [0, 0.05) is 12.6 Å². The quantitative estimate of drug-likeness (QED) is 0.479. The van der Waals surface area contributed by atoms with Gasteiger partial charge in [-0.2, -0.15) is 0 Å². The maximum Gasteiger partial charge on any atom is 0.230 e. The van der Waals surface area contributed by atoms with E-state index in [-0.39, 0.29) is 11.7 Å². The average Bonchev–Trinajstić information content (AvgIpc) is 3.05. The fraction of sp³-hybridized carbons (Fsp3) is 0.250. The Balaban J connectivity index is 1.42. The lowest BCUT2D eigenvalue weighted by Gasteiger charge is -2.08. The first-order chi connectivity index (χ1) is 13.1. The van der Waals surface area contributed by atoms with Gasteiger partial charge < -0.3 is 14.6 Å². The van der Waals surface area contributed by atoms with Gasteiger partial charge >= 0.3 is 0 Å². The Morgan fingerprint density at radius 1 is 1.15 bits per heavy atom. The van der Waals surface area contributed by atoms with E-state index in [1.807, 2.05) is 73.1 Å². The zero-order chi connectivity index (χ0) is 19.1. The molecule has 0 unspecified atom stereocenters. The van der Waals surface area contributed by atoms with Crippen LogP contribution in [0.15, 0.2) is 59.8 Å². The van der Waals surface area contributed by atoms with E-state index in [1.165, 1.54) is 11.8 Å². The van der Waals surface area contributed by atoms with Crippen LogP contribution in [0.25, 0.3) is 11.4 Å². The van der Waals surface area contributed by atoms with E-state index in [0.717, 1.165) is 22.7 Å². The zero-order valence-electron chi connectivity index (χ0n) is 15.4. The van der Waals surface area contributed by atoms with E-state index in [1.54, 1.807) is 0 Å². The molecule has 2 aromatic carbocycles. The summed E-state index contributed by atoms with van der Waals surface area (Å²) in [5.41, 5.74) is 2.14. The first-order valence-corrected chi connectivity index (χ1v) is 9.66. The predicted octanol–water partition coefficient (Wildman–Crippen LogP) is 3.08. The van der Waals surface area contributed by atoms with Crippen molar-refractivity contribution in [3.05, 3.63) is 60.2 Å². The normalized spacial score (nSPS) is 10.6. The molecule has 7 heteroatoms. The first kappa shape index (κ1) is 19.0. The van der Waals surface area contributed by atoms with Crippen LogP contribution in [0.3, 0.4) is 0 Å². The Kier molecular flexibility index (Phi) is 6.49. The summed E-state index contributed by atoms with van der Waals surface area (Å²) in [5, 5.41) is 12.0. The van der Waals surface area contributed by atoms with Crippen LogP contribution >= 0.6 is 11.8 Å². The van der Waals surface area contributed by atoms with Gasteiger partial charge in [-0.1, -0.05) is 54.2 Å². The predicted molar refractivity (Wildman–Crippen MR) is 107 cm³/mol. The van der Waals surface area contributed by atoms with Crippen molar-refractivity contribution >= 4 is 17.7 Å². The van der Waals surface area contributed by atoms with Crippen molar-refractivity contribution in [1.29, 1.82) is 0 Å². The van der Waals surface area contributed by atoms with E-state index >= 15 is 0 Å². The number of amides is 1. The van der Waals surface area contributed by atoms with Gasteiger partial charge in [-0.05, 0) is 24.6 Å². The Morgan fingerprint density at radius 2 is 1.96 bits per heavy atom. The fourth-order valence-corrected chi connectivity index (χ4v) is 3.27. The molecule has 3 aromatic rings. The number of hydrogen-bond donors (Lipinski definition) is 1. The molecule has 0 saturated heterocycles. The lowest BCUT2D eigenvalue weighted by Crippen LogP contribution is -2.29. The Hall–Kier alpha value is -2.80. The summed E-state index contributed by atoms with van der Waals surface area (Å²) in [7, 11) is 1.90. The molecule has 0 bridgehead atoms. The van der Waals surface area contributed by atoms with Crippen LogP contribution in [-0.2, 0) is 11.8 Å². The highest BCUT2D eigenvalue weighted by Crippen LogP contribution is 2.22. The highest BCUT2D eigenvalue weighted by atomic mass is 32.2. The molecule has 1 N–H and O–H groups in total. The lowest BCUT2D eigenvalue weighted by molar-refractivity contribution is -0.118. The minimum absolute atomic E-state index is 0.0582. The topological polar surface area (TPSA) is 69.0 Å². The largest absolute Gasteiger partial charge is 0.492 e. The Morgan fingerprint density at radius 3 is 2.74 bits per heavy atom. The number of hydrogen-bond acceptors (Lipinski definition) is 5. The molecule has 6 nitrogen and oxygen atoms in total. The highest BCUT2D eigenvalue weighted by molar-refractivity contribution is 7.99. The summed E-state index contributed by atoms with van der Waals surface area (Å²) >= 11 is 1.36. The SMILES string of the molecule is Cc1cccc(OCCNC(=O)CSc2nnc(-c3ccccc3)n2C)c1. The molecule has 0 radical (unpaired) electrons. The van der Waals surface area contributed by atoms with Gasteiger partial charge in [0.25, 0.3) is 0 Å². The van der Waals surface area contributed by atoms with Crippen molar-refractivity contribution in [3.8, 4) is 17.1 Å². The Labute approximate surface area is 163 Å². The zero-order valence-corrected chi connectivity index (χ0v) is 16.2. The van der Waals surface area contributed by atoms with Crippen LogP contribution in [0.2, 0.25) is 0 Å². The number of rotatable bonds is 8. The number of carbonyl (C=O) groups is 1. The van der Waals surface area contributed by atoms with E-state index in [2.05, 4.69) is 15.5 Å². The number of nitrogens with one attached hydrogen (secondary N) is 1. The molecule has 0 saturated carbocycles. The van der Waals surface area contributed by atoms with Gasteiger partial charge in [0.2, 0.25) is 5.91 Å². The van der Waals surface area contributed by atoms with Crippen molar-refractivity contribution in [2.75, 3.05) is 18.9 Å². The van der Waals surface area contributed by atoms with Crippen LogP contribution in [0.4, 0.5) is 0 Å². The maximum absolute atomic E-state index is 12.0. The van der Waals surface area contributed by atoms with Gasteiger partial charge in [0.15, 0.2) is 11.0 Å². The lowest BCUT2D eigenvalue weighted by atomic mass is 10.2. The second-order valence-corrected chi connectivity index (χ2v) is 6.98. The van der Waals surface area contributed by atoms with E-state index in [0.29, 0.717) is 18.3 Å². The van der Waals surface area contributed by atoms with Gasteiger partial charge in [-0.15, -0.1) is 10.2 Å². The molecule has 0 atom stereocenters. The molecule has 0 fully saturated rings. The molecule has 27 heavy (non-hydrogen) atoms. The summed E-state index contributed by atoms with van der Waals surface area (Å²) in [5.74, 6) is 1.82. The molecule has 1 aromatic heterocycles. The van der Waals surface area contributed by atoms with Crippen molar-refractivity contribution in [3.63, 3.8) is 0 Å². The smallest absolute Gasteiger partial charge is 0.230 e. The summed E-state index contributed by atoms with van der Waals surface area (Å²) < 4.78 is 7.52. The third kappa shape index (κ3) is 5.34.